The highest BCUT2D eigenvalue weighted by Crippen LogP contribution is 2.30. The minimum atomic E-state index is -4.16. The monoisotopic (exact) mass is 472 g/mol. The lowest BCUT2D eigenvalue weighted by molar-refractivity contribution is -0.120. The molecule has 7 nitrogen and oxygen atoms in total. The van der Waals surface area contributed by atoms with Crippen LogP contribution in [0, 0.1) is 6.92 Å². The first-order chi connectivity index (χ1) is 15.2. The van der Waals surface area contributed by atoms with Crippen LogP contribution in [-0.2, 0) is 24.7 Å². The summed E-state index contributed by atoms with van der Waals surface area (Å²) in [5.41, 5.74) is 0.782. The molecule has 0 radical (unpaired) electrons. The Bertz CT molecular complexity index is 1310. The van der Waals surface area contributed by atoms with Crippen LogP contribution in [0.5, 0.6) is 0 Å². The van der Waals surface area contributed by atoms with E-state index in [-0.39, 0.29) is 33.6 Å². The Morgan fingerprint density at radius 2 is 1.44 bits per heavy atom. The second kappa shape index (κ2) is 9.54. The number of hydrogen-bond donors (Lipinski definition) is 1. The highest BCUT2D eigenvalue weighted by Gasteiger charge is 2.29. The Morgan fingerprint density at radius 3 is 2.03 bits per heavy atom. The van der Waals surface area contributed by atoms with Crippen LogP contribution in [0.15, 0.2) is 93.5 Å². The van der Waals surface area contributed by atoms with Gasteiger partial charge in [0.15, 0.2) is 0 Å². The zero-order valence-electron chi connectivity index (χ0n) is 17.7. The molecule has 9 heteroatoms. The smallest absolute Gasteiger partial charge is 0.264 e. The van der Waals surface area contributed by atoms with Gasteiger partial charge in [0.2, 0.25) is 15.7 Å². The van der Waals surface area contributed by atoms with Crippen molar-refractivity contribution in [3.8, 4) is 0 Å². The summed E-state index contributed by atoms with van der Waals surface area (Å²) in [7, 11) is -6.59. The molecule has 0 spiro atoms. The molecule has 0 aliphatic heterocycles. The van der Waals surface area contributed by atoms with Gasteiger partial charge in [-0.25, -0.2) is 16.8 Å². The van der Waals surface area contributed by atoms with Crippen LogP contribution in [0.25, 0.3) is 0 Å². The first-order valence-corrected chi connectivity index (χ1v) is 12.8. The van der Waals surface area contributed by atoms with E-state index >= 15 is 0 Å². The molecule has 3 aromatic rings. The molecular formula is C23H24N2O5S2. The van der Waals surface area contributed by atoms with E-state index in [2.05, 4.69) is 5.32 Å². The molecular weight excluding hydrogens is 448 g/mol. The molecule has 0 atom stereocenters. The quantitative estimate of drug-likeness (QED) is 0.543. The molecule has 1 N–H and O–H groups in total. The zero-order valence-corrected chi connectivity index (χ0v) is 19.4. The van der Waals surface area contributed by atoms with Gasteiger partial charge in [0, 0.05) is 20.0 Å². The average Bonchev–Trinajstić information content (AvgIpc) is 2.80. The molecule has 3 aromatic carbocycles. The molecule has 0 aliphatic rings. The highest BCUT2D eigenvalue weighted by molar-refractivity contribution is 7.93. The second-order valence-electron chi connectivity index (χ2n) is 7.08. The van der Waals surface area contributed by atoms with Crippen LogP contribution in [0.2, 0.25) is 0 Å². The van der Waals surface area contributed by atoms with Crippen molar-refractivity contribution < 1.29 is 21.6 Å². The van der Waals surface area contributed by atoms with Crippen molar-refractivity contribution in [2.75, 3.05) is 17.9 Å². The molecule has 3 rings (SSSR count). The van der Waals surface area contributed by atoms with Crippen molar-refractivity contribution in [2.45, 2.75) is 28.0 Å². The molecule has 0 saturated carbocycles. The van der Waals surface area contributed by atoms with Gasteiger partial charge < -0.3 is 5.32 Å². The number of rotatable bonds is 8. The van der Waals surface area contributed by atoms with E-state index in [9.17, 15) is 21.6 Å². The maximum absolute atomic E-state index is 13.7. The summed E-state index contributed by atoms with van der Waals surface area (Å²) in [6.07, 6.45) is -0.0499. The van der Waals surface area contributed by atoms with E-state index in [1.165, 1.54) is 37.4 Å². The van der Waals surface area contributed by atoms with Crippen LogP contribution >= 0.6 is 0 Å². The largest absolute Gasteiger partial charge is 0.359 e. The summed E-state index contributed by atoms with van der Waals surface area (Å²) in [6, 6.07) is 20.3. The van der Waals surface area contributed by atoms with E-state index in [4.69, 9.17) is 0 Å². The Hall–Kier alpha value is -3.17. The first kappa shape index (κ1) is 23.5. The molecule has 1 amide bonds. The number of nitrogens with one attached hydrogen (secondary N) is 1. The van der Waals surface area contributed by atoms with Crippen molar-refractivity contribution in [1.82, 2.24) is 5.32 Å². The third kappa shape index (κ3) is 4.84. The average molecular weight is 473 g/mol. The standard InChI is InChI=1S/C23H24N2O5S2/c1-18-13-14-21(31(27,28)20-11-7-4-8-12-20)17-22(18)32(29,30)25(16-15-23(26)24-2)19-9-5-3-6-10-19/h3-14,17H,15-16H2,1-2H3,(H,24,26). The Balaban J connectivity index is 2.11. The summed E-state index contributed by atoms with van der Waals surface area (Å²) in [5.74, 6) is -0.307. The van der Waals surface area contributed by atoms with Gasteiger partial charge in [-0.05, 0) is 48.9 Å². The van der Waals surface area contributed by atoms with Gasteiger partial charge in [-0.1, -0.05) is 42.5 Å². The van der Waals surface area contributed by atoms with E-state index in [1.807, 2.05) is 0 Å². The first-order valence-electron chi connectivity index (χ1n) is 9.87. The highest BCUT2D eigenvalue weighted by atomic mass is 32.2. The number of para-hydroxylation sites is 1. The van der Waals surface area contributed by atoms with E-state index in [0.717, 1.165) is 4.31 Å². The van der Waals surface area contributed by atoms with Crippen LogP contribution in [-0.4, -0.2) is 36.3 Å². The summed E-state index contributed by atoms with van der Waals surface area (Å²) in [5, 5.41) is 2.48. The molecule has 168 valence electrons. The maximum atomic E-state index is 13.7. The lowest BCUT2D eigenvalue weighted by Crippen LogP contribution is -2.35. The van der Waals surface area contributed by atoms with Crippen LogP contribution in [0.4, 0.5) is 5.69 Å². The zero-order chi connectivity index (χ0) is 23.4. The summed E-state index contributed by atoms with van der Waals surface area (Å²) < 4.78 is 54.6. The Kier molecular flexibility index (Phi) is 7.00. The summed E-state index contributed by atoms with van der Waals surface area (Å²) in [4.78, 5) is 11.6. The number of nitrogens with zero attached hydrogens (tertiary/aromatic N) is 1. The van der Waals surface area contributed by atoms with Gasteiger partial charge in [0.1, 0.15) is 0 Å². The number of anilines is 1. The van der Waals surface area contributed by atoms with Gasteiger partial charge in [0.25, 0.3) is 10.0 Å². The van der Waals surface area contributed by atoms with E-state index < -0.39 is 19.9 Å². The van der Waals surface area contributed by atoms with Gasteiger partial charge in [0.05, 0.1) is 20.4 Å². The minimum absolute atomic E-state index is 0.0499. The van der Waals surface area contributed by atoms with Gasteiger partial charge in [-0.3, -0.25) is 9.10 Å². The molecule has 0 bridgehead atoms. The lowest BCUT2D eigenvalue weighted by atomic mass is 10.2. The Morgan fingerprint density at radius 1 is 0.844 bits per heavy atom. The normalized spacial score (nSPS) is 11.7. The molecule has 32 heavy (non-hydrogen) atoms. The molecule has 0 saturated heterocycles. The molecule has 0 heterocycles. The van der Waals surface area contributed by atoms with Crippen LogP contribution < -0.4 is 9.62 Å². The predicted octanol–water partition coefficient (Wildman–Crippen LogP) is 3.16. The summed E-state index contributed by atoms with van der Waals surface area (Å²) in [6.45, 7) is 1.51. The van der Waals surface area contributed by atoms with Crippen molar-refractivity contribution in [1.29, 1.82) is 0 Å². The number of aryl methyl sites for hydroxylation is 1. The maximum Gasteiger partial charge on any atom is 0.264 e. The van der Waals surface area contributed by atoms with Crippen LogP contribution in [0.3, 0.4) is 0 Å². The van der Waals surface area contributed by atoms with Crippen molar-refractivity contribution in [3.05, 3.63) is 84.4 Å². The molecule has 0 aliphatic carbocycles. The number of carbonyl (C=O) groups is 1. The lowest BCUT2D eigenvalue weighted by Gasteiger charge is -2.25. The van der Waals surface area contributed by atoms with Crippen molar-refractivity contribution in [3.63, 3.8) is 0 Å². The fourth-order valence-corrected chi connectivity index (χ4v) is 6.29. The third-order valence-corrected chi connectivity index (χ3v) is 8.69. The van der Waals surface area contributed by atoms with Gasteiger partial charge >= 0.3 is 0 Å². The Labute approximate surface area is 188 Å². The molecule has 0 unspecified atom stereocenters. The predicted molar refractivity (Wildman–Crippen MR) is 123 cm³/mol. The number of amides is 1. The van der Waals surface area contributed by atoms with Crippen molar-refractivity contribution in [2.24, 2.45) is 0 Å². The number of carbonyl (C=O) groups excluding carboxylic acids is 1. The fraction of sp³-hybridized carbons (Fsp3) is 0.174. The third-order valence-electron chi connectivity index (χ3n) is 4.96. The topological polar surface area (TPSA) is 101 Å². The molecule has 0 aromatic heterocycles. The second-order valence-corrected chi connectivity index (χ2v) is 10.9. The van der Waals surface area contributed by atoms with E-state index in [1.54, 1.807) is 55.5 Å². The number of sulfone groups is 1. The van der Waals surface area contributed by atoms with Gasteiger partial charge in [-0.15, -0.1) is 0 Å². The number of benzene rings is 3. The fourth-order valence-electron chi connectivity index (χ4n) is 3.19. The van der Waals surface area contributed by atoms with Crippen molar-refractivity contribution >= 4 is 31.5 Å². The van der Waals surface area contributed by atoms with Crippen LogP contribution in [0.1, 0.15) is 12.0 Å². The molecule has 0 fully saturated rings. The van der Waals surface area contributed by atoms with E-state index in [0.29, 0.717) is 11.3 Å². The summed E-state index contributed by atoms with van der Waals surface area (Å²) >= 11 is 0. The van der Waals surface area contributed by atoms with Gasteiger partial charge in [-0.2, -0.15) is 0 Å². The SMILES string of the molecule is CNC(=O)CCN(c1ccccc1)S(=O)(=O)c1cc(S(=O)(=O)c2ccccc2)ccc1C. The number of sulfonamides is 1. The minimum Gasteiger partial charge on any atom is -0.359 e. The number of hydrogen-bond acceptors (Lipinski definition) is 5.